The molecule has 0 aromatic heterocycles. The van der Waals surface area contributed by atoms with E-state index in [-0.39, 0.29) is 42.4 Å². The first-order valence-electron chi connectivity index (χ1n) is 11.4. The van der Waals surface area contributed by atoms with Gasteiger partial charge in [0.1, 0.15) is 5.82 Å². The number of rotatable bonds is 5. The van der Waals surface area contributed by atoms with Crippen molar-refractivity contribution in [3.8, 4) is 0 Å². The Morgan fingerprint density at radius 3 is 2.18 bits per heavy atom. The van der Waals surface area contributed by atoms with E-state index in [1.165, 1.54) is 0 Å². The second-order valence-corrected chi connectivity index (χ2v) is 9.47. The molecule has 4 rings (SSSR count). The number of benzene rings is 2. The van der Waals surface area contributed by atoms with Crippen LogP contribution in [0.5, 0.6) is 0 Å². The highest BCUT2D eigenvalue weighted by Gasteiger charge is 2.47. The molecular formula is C25H29F3N4O2. The number of nitrogens with zero attached hydrogens (tertiary/aromatic N) is 2. The van der Waals surface area contributed by atoms with Gasteiger partial charge in [0.2, 0.25) is 5.91 Å². The summed E-state index contributed by atoms with van der Waals surface area (Å²) in [4.78, 5) is 29.3. The third-order valence-corrected chi connectivity index (χ3v) is 6.74. The zero-order chi connectivity index (χ0) is 24.7. The molecule has 2 aromatic carbocycles. The molecule has 3 N–H and O–H groups in total. The molecule has 0 saturated carbocycles. The van der Waals surface area contributed by atoms with Crippen molar-refractivity contribution in [3.05, 3.63) is 64.0 Å². The van der Waals surface area contributed by atoms with Crippen molar-refractivity contribution < 1.29 is 22.8 Å². The lowest BCUT2D eigenvalue weighted by atomic mass is 10.0. The normalized spacial score (nSPS) is 20.1. The molecule has 2 aliphatic heterocycles. The molecule has 2 heterocycles. The summed E-state index contributed by atoms with van der Waals surface area (Å²) in [5.41, 5.74) is 9.90. The van der Waals surface area contributed by atoms with Crippen LogP contribution in [0.4, 0.5) is 23.7 Å². The van der Waals surface area contributed by atoms with E-state index in [9.17, 15) is 22.8 Å². The molecule has 2 aliphatic rings. The van der Waals surface area contributed by atoms with Gasteiger partial charge >= 0.3 is 6.03 Å². The lowest BCUT2D eigenvalue weighted by molar-refractivity contribution is -0.133. The number of carbonyl (C=O) groups is 2. The Hall–Kier alpha value is -3.07. The van der Waals surface area contributed by atoms with E-state index in [1.54, 1.807) is 9.80 Å². The Bertz CT molecular complexity index is 1120. The molecule has 6 nitrogen and oxygen atoms in total. The second-order valence-electron chi connectivity index (χ2n) is 9.47. The number of urea groups is 1. The summed E-state index contributed by atoms with van der Waals surface area (Å²) in [5, 5.41) is 3.02. The van der Waals surface area contributed by atoms with Gasteiger partial charge in [-0.2, -0.15) is 0 Å². The molecule has 9 heteroatoms. The highest BCUT2D eigenvalue weighted by Crippen LogP contribution is 2.32. The van der Waals surface area contributed by atoms with Crippen LogP contribution in [0.15, 0.2) is 24.3 Å². The van der Waals surface area contributed by atoms with Crippen molar-refractivity contribution in [3.63, 3.8) is 0 Å². The third kappa shape index (κ3) is 4.75. The monoisotopic (exact) mass is 474 g/mol. The fourth-order valence-corrected chi connectivity index (χ4v) is 5.19. The van der Waals surface area contributed by atoms with E-state index < -0.39 is 23.5 Å². The van der Waals surface area contributed by atoms with Crippen LogP contribution < -0.4 is 11.1 Å². The fourth-order valence-electron chi connectivity index (χ4n) is 5.19. The lowest BCUT2D eigenvalue weighted by Gasteiger charge is -2.35. The fraction of sp³-hybridized carbons (Fsp3) is 0.440. The Labute approximate surface area is 196 Å². The summed E-state index contributed by atoms with van der Waals surface area (Å²) in [6, 6.07) is 4.20. The van der Waals surface area contributed by atoms with Crippen LogP contribution in [-0.2, 0) is 11.2 Å². The largest absolute Gasteiger partial charge is 0.336 e. The molecule has 34 heavy (non-hydrogen) atoms. The molecule has 0 spiro atoms. The van der Waals surface area contributed by atoms with Crippen molar-refractivity contribution in [2.24, 2.45) is 5.73 Å². The highest BCUT2D eigenvalue weighted by atomic mass is 19.2. The van der Waals surface area contributed by atoms with Gasteiger partial charge in [-0.25, -0.2) is 18.0 Å². The van der Waals surface area contributed by atoms with Crippen molar-refractivity contribution in [2.45, 2.75) is 58.2 Å². The quantitative estimate of drug-likeness (QED) is 0.647. The molecule has 2 bridgehead atoms. The van der Waals surface area contributed by atoms with Crippen LogP contribution in [0.3, 0.4) is 0 Å². The number of piperazine rings is 1. The van der Waals surface area contributed by atoms with Crippen LogP contribution in [0.25, 0.3) is 0 Å². The van der Waals surface area contributed by atoms with E-state index >= 15 is 0 Å². The van der Waals surface area contributed by atoms with E-state index in [2.05, 4.69) is 5.32 Å². The Kier molecular flexibility index (Phi) is 6.58. The number of fused-ring (bicyclic) bond motifs is 2. The minimum absolute atomic E-state index is 0.0460. The van der Waals surface area contributed by atoms with Gasteiger partial charge in [0.05, 0.1) is 12.1 Å². The number of nitrogens with two attached hydrogens (primary N) is 1. The number of anilines is 1. The molecular weight excluding hydrogens is 445 g/mol. The number of hydrogen-bond acceptors (Lipinski definition) is 3. The number of aryl methyl sites for hydroxylation is 3. The summed E-state index contributed by atoms with van der Waals surface area (Å²) < 4.78 is 40.4. The van der Waals surface area contributed by atoms with Gasteiger partial charge in [-0.1, -0.05) is 17.7 Å². The second kappa shape index (κ2) is 9.29. The Balaban J connectivity index is 1.33. The standard InChI is InChI=1S/C25H29F3N4O2/c1-13-4-14(2)24(15(3)5-13)30-25(34)32-12-18-9-19(32)11-31(18)23(33)8-17(29)6-16-7-21(27)22(28)10-20(16)26/h4-5,7,10,17-19H,6,8-9,11-12,29H2,1-3H3,(H,30,34)/t17-,18+,19+/m1/s1. The summed E-state index contributed by atoms with van der Waals surface area (Å²) >= 11 is 0. The van der Waals surface area contributed by atoms with E-state index in [0.29, 0.717) is 25.6 Å². The van der Waals surface area contributed by atoms with Gasteiger partial charge in [0.15, 0.2) is 11.6 Å². The number of hydrogen-bond donors (Lipinski definition) is 2. The third-order valence-electron chi connectivity index (χ3n) is 6.74. The minimum atomic E-state index is -1.26. The molecule has 2 aromatic rings. The predicted molar refractivity (Wildman–Crippen MR) is 123 cm³/mol. The summed E-state index contributed by atoms with van der Waals surface area (Å²) in [5.74, 6) is -3.49. The van der Waals surface area contributed by atoms with Gasteiger partial charge in [-0.3, -0.25) is 4.79 Å². The first kappa shape index (κ1) is 24.1. The zero-order valence-electron chi connectivity index (χ0n) is 19.5. The number of carbonyl (C=O) groups excluding carboxylic acids is 2. The average Bonchev–Trinajstić information content (AvgIpc) is 3.35. The predicted octanol–water partition coefficient (Wildman–Crippen LogP) is 3.81. The Morgan fingerprint density at radius 1 is 0.971 bits per heavy atom. The van der Waals surface area contributed by atoms with Crippen molar-refractivity contribution in [1.82, 2.24) is 9.80 Å². The van der Waals surface area contributed by atoms with Crippen LogP contribution in [0.1, 0.15) is 35.1 Å². The zero-order valence-corrected chi connectivity index (χ0v) is 19.5. The minimum Gasteiger partial charge on any atom is -0.336 e. The van der Waals surface area contributed by atoms with E-state index in [4.69, 9.17) is 5.73 Å². The van der Waals surface area contributed by atoms with Crippen LogP contribution in [0.2, 0.25) is 0 Å². The molecule has 3 atom stereocenters. The summed E-state index contributed by atoms with van der Waals surface area (Å²) in [6.45, 7) is 6.77. The molecule has 2 fully saturated rings. The molecule has 2 saturated heterocycles. The van der Waals surface area contributed by atoms with Crippen LogP contribution in [0, 0.1) is 38.2 Å². The maximum atomic E-state index is 13.9. The van der Waals surface area contributed by atoms with Gasteiger partial charge in [-0.05, 0) is 56.4 Å². The smallest absolute Gasteiger partial charge is 0.322 e. The number of nitrogens with one attached hydrogen (secondary N) is 1. The topological polar surface area (TPSA) is 78.7 Å². The van der Waals surface area contributed by atoms with Gasteiger partial charge in [0.25, 0.3) is 0 Å². The summed E-state index contributed by atoms with van der Waals surface area (Å²) in [7, 11) is 0. The SMILES string of the molecule is Cc1cc(C)c(NC(=O)N2C[C@@H]3C[C@H]2CN3C(=O)C[C@H](N)Cc2cc(F)c(F)cc2F)c(C)c1. The number of halogens is 3. The summed E-state index contributed by atoms with van der Waals surface area (Å²) in [6.07, 6.45) is 0.564. The maximum absolute atomic E-state index is 13.9. The first-order chi connectivity index (χ1) is 16.0. The lowest BCUT2D eigenvalue weighted by Crippen LogP contribution is -2.52. The van der Waals surface area contributed by atoms with Gasteiger partial charge in [0, 0.05) is 37.3 Å². The van der Waals surface area contributed by atoms with E-state index in [1.807, 2.05) is 32.9 Å². The molecule has 3 amide bonds. The van der Waals surface area contributed by atoms with Gasteiger partial charge < -0.3 is 20.9 Å². The molecule has 182 valence electrons. The van der Waals surface area contributed by atoms with Crippen LogP contribution in [-0.4, -0.2) is 53.0 Å². The van der Waals surface area contributed by atoms with Crippen molar-refractivity contribution in [1.29, 1.82) is 0 Å². The number of likely N-dealkylation sites (tertiary alicyclic amines) is 2. The van der Waals surface area contributed by atoms with Crippen molar-refractivity contribution in [2.75, 3.05) is 18.4 Å². The molecule has 0 unspecified atom stereocenters. The van der Waals surface area contributed by atoms with Crippen LogP contribution >= 0.6 is 0 Å². The first-order valence-corrected chi connectivity index (χ1v) is 11.4. The van der Waals surface area contributed by atoms with E-state index in [0.717, 1.165) is 28.4 Å². The number of amides is 3. The molecule has 0 radical (unpaired) electrons. The maximum Gasteiger partial charge on any atom is 0.322 e. The highest BCUT2D eigenvalue weighted by molar-refractivity contribution is 5.92. The van der Waals surface area contributed by atoms with Crippen molar-refractivity contribution >= 4 is 17.6 Å². The Morgan fingerprint density at radius 2 is 1.56 bits per heavy atom. The molecule has 0 aliphatic carbocycles. The average molecular weight is 475 g/mol. The van der Waals surface area contributed by atoms with Gasteiger partial charge in [-0.15, -0.1) is 0 Å².